The molecule has 0 atom stereocenters. The summed E-state index contributed by atoms with van der Waals surface area (Å²) in [5.74, 6) is 2.97. The van der Waals surface area contributed by atoms with E-state index < -0.39 is 0 Å². The molecular weight excluding hydrogens is 368 g/mol. The van der Waals surface area contributed by atoms with Crippen molar-refractivity contribution in [1.29, 1.82) is 0 Å². The molecule has 1 N–H and O–H groups in total. The monoisotopic (exact) mass is 388 g/mol. The van der Waals surface area contributed by atoms with Crippen LogP contribution in [0.15, 0.2) is 48.5 Å². The molecule has 146 valence electrons. The molecule has 0 saturated carbocycles. The molecule has 2 aromatic heterocycles. The first-order valence-corrected chi connectivity index (χ1v) is 9.56. The Balaban J connectivity index is 1.44. The van der Waals surface area contributed by atoms with E-state index >= 15 is 0 Å². The van der Waals surface area contributed by atoms with Crippen molar-refractivity contribution in [2.45, 2.75) is 26.4 Å². The van der Waals surface area contributed by atoms with Crippen molar-refractivity contribution in [2.24, 2.45) is 0 Å². The third kappa shape index (κ3) is 3.44. The molecule has 0 fully saturated rings. The van der Waals surface area contributed by atoms with Gasteiger partial charge in [0.05, 0.1) is 6.54 Å². The molecule has 0 saturated heterocycles. The molecule has 0 radical (unpaired) electrons. The molecule has 0 bridgehead atoms. The molecule has 0 amide bonds. The van der Waals surface area contributed by atoms with Crippen LogP contribution in [0.4, 0.5) is 5.82 Å². The van der Waals surface area contributed by atoms with Crippen LogP contribution in [0.25, 0.3) is 11.2 Å². The average molecular weight is 388 g/mol. The van der Waals surface area contributed by atoms with E-state index in [1.165, 1.54) is 0 Å². The highest BCUT2D eigenvalue weighted by Crippen LogP contribution is 2.32. The average Bonchev–Trinajstić information content (AvgIpc) is 3.39. The number of aromatic nitrogens is 5. The number of nitrogens with one attached hydrogen (secondary N) is 1. The Kier molecular flexibility index (Phi) is 4.44. The van der Waals surface area contributed by atoms with Crippen molar-refractivity contribution in [3.8, 4) is 11.5 Å². The number of rotatable bonds is 6. The van der Waals surface area contributed by atoms with Crippen molar-refractivity contribution in [1.82, 2.24) is 25.0 Å². The second kappa shape index (κ2) is 7.38. The van der Waals surface area contributed by atoms with Gasteiger partial charge in [0.1, 0.15) is 5.82 Å². The van der Waals surface area contributed by atoms with Crippen LogP contribution >= 0.6 is 0 Å². The summed E-state index contributed by atoms with van der Waals surface area (Å²) < 4.78 is 12.6. The molecule has 4 aromatic rings. The molecule has 1 aliphatic heterocycles. The van der Waals surface area contributed by atoms with Gasteiger partial charge < -0.3 is 14.8 Å². The van der Waals surface area contributed by atoms with Gasteiger partial charge in [-0.25, -0.2) is 14.6 Å². The van der Waals surface area contributed by atoms with E-state index in [9.17, 15) is 0 Å². The number of aryl methyl sites for hydroxylation is 1. The normalized spacial score (nSPS) is 12.4. The summed E-state index contributed by atoms with van der Waals surface area (Å²) in [5, 5.41) is 12.0. The lowest BCUT2D eigenvalue weighted by atomic mass is 10.2. The number of fused-ring (bicyclic) bond motifs is 2. The smallest absolute Gasteiger partial charge is 0.231 e. The van der Waals surface area contributed by atoms with Gasteiger partial charge >= 0.3 is 0 Å². The summed E-state index contributed by atoms with van der Waals surface area (Å²) in [6, 6.07) is 16.1. The largest absolute Gasteiger partial charge is 0.454 e. The van der Waals surface area contributed by atoms with E-state index in [2.05, 4.69) is 37.7 Å². The Labute approximate surface area is 167 Å². The fraction of sp³-hybridized carbons (Fsp3) is 0.238. The molecule has 8 nitrogen and oxygen atoms in total. The highest BCUT2D eigenvalue weighted by atomic mass is 16.7. The second-order valence-corrected chi connectivity index (χ2v) is 6.79. The summed E-state index contributed by atoms with van der Waals surface area (Å²) in [6.45, 7) is 3.49. The Morgan fingerprint density at radius 1 is 1.00 bits per heavy atom. The highest BCUT2D eigenvalue weighted by molar-refractivity contribution is 5.82. The first kappa shape index (κ1) is 17.4. The number of hydrogen-bond acceptors (Lipinski definition) is 7. The zero-order valence-electron chi connectivity index (χ0n) is 16.0. The maximum Gasteiger partial charge on any atom is 0.231 e. The zero-order valence-corrected chi connectivity index (χ0v) is 16.0. The number of anilines is 1. The molecule has 0 unspecified atom stereocenters. The van der Waals surface area contributed by atoms with Gasteiger partial charge in [-0.1, -0.05) is 48.5 Å². The van der Waals surface area contributed by atoms with E-state index in [4.69, 9.17) is 9.47 Å². The van der Waals surface area contributed by atoms with Crippen LogP contribution in [0, 0.1) is 0 Å². The Hall–Kier alpha value is -3.68. The van der Waals surface area contributed by atoms with Crippen LogP contribution in [-0.4, -0.2) is 31.8 Å². The maximum atomic E-state index is 5.46. The molecule has 29 heavy (non-hydrogen) atoms. The van der Waals surface area contributed by atoms with Crippen LogP contribution in [0.2, 0.25) is 0 Å². The maximum absolute atomic E-state index is 5.46. The van der Waals surface area contributed by atoms with Gasteiger partial charge in [-0.05, 0) is 23.3 Å². The molecule has 2 aromatic carbocycles. The highest BCUT2D eigenvalue weighted by Gasteiger charge is 2.16. The SMILES string of the molecule is CCc1nc(NCc2ccc3c(c2)OCO3)c2nnn(Cc3ccccc3)c2n1. The summed E-state index contributed by atoms with van der Waals surface area (Å²) in [4.78, 5) is 9.30. The lowest BCUT2D eigenvalue weighted by Gasteiger charge is -2.09. The van der Waals surface area contributed by atoms with Gasteiger partial charge in [-0.15, -0.1) is 5.10 Å². The van der Waals surface area contributed by atoms with Gasteiger partial charge in [0.25, 0.3) is 0 Å². The van der Waals surface area contributed by atoms with E-state index in [0.29, 0.717) is 24.4 Å². The Morgan fingerprint density at radius 2 is 1.86 bits per heavy atom. The van der Waals surface area contributed by atoms with Crippen LogP contribution < -0.4 is 14.8 Å². The van der Waals surface area contributed by atoms with E-state index in [-0.39, 0.29) is 6.79 Å². The van der Waals surface area contributed by atoms with Gasteiger partial charge in [0.2, 0.25) is 6.79 Å². The second-order valence-electron chi connectivity index (χ2n) is 6.79. The molecule has 3 heterocycles. The summed E-state index contributed by atoms with van der Waals surface area (Å²) in [5.41, 5.74) is 3.61. The van der Waals surface area contributed by atoms with Crippen molar-refractivity contribution in [2.75, 3.05) is 12.1 Å². The van der Waals surface area contributed by atoms with Crippen molar-refractivity contribution >= 4 is 17.0 Å². The summed E-state index contributed by atoms with van der Waals surface area (Å²) >= 11 is 0. The predicted molar refractivity (Wildman–Crippen MR) is 108 cm³/mol. The molecule has 8 heteroatoms. The number of hydrogen-bond donors (Lipinski definition) is 1. The van der Waals surface area contributed by atoms with E-state index in [1.54, 1.807) is 0 Å². The summed E-state index contributed by atoms with van der Waals surface area (Å²) in [7, 11) is 0. The Bertz CT molecular complexity index is 1160. The fourth-order valence-electron chi connectivity index (χ4n) is 3.28. The molecule has 1 aliphatic rings. The first-order valence-electron chi connectivity index (χ1n) is 9.56. The fourth-order valence-corrected chi connectivity index (χ4v) is 3.28. The lowest BCUT2D eigenvalue weighted by molar-refractivity contribution is 0.174. The molecule has 0 aliphatic carbocycles. The molecule has 5 rings (SSSR count). The first-order chi connectivity index (χ1) is 14.3. The van der Waals surface area contributed by atoms with Gasteiger partial charge in [0.15, 0.2) is 28.5 Å². The third-order valence-corrected chi connectivity index (χ3v) is 4.80. The molecular formula is C21H20N6O2. The van der Waals surface area contributed by atoms with Crippen LogP contribution in [0.5, 0.6) is 11.5 Å². The van der Waals surface area contributed by atoms with Gasteiger partial charge in [0, 0.05) is 13.0 Å². The minimum absolute atomic E-state index is 0.267. The van der Waals surface area contributed by atoms with Gasteiger partial charge in [-0.3, -0.25) is 0 Å². The van der Waals surface area contributed by atoms with Crippen LogP contribution in [0.3, 0.4) is 0 Å². The molecule has 0 spiro atoms. The topological polar surface area (TPSA) is 87.0 Å². The van der Waals surface area contributed by atoms with Crippen LogP contribution in [0.1, 0.15) is 23.9 Å². The predicted octanol–water partition coefficient (Wildman–Crippen LogP) is 3.17. The zero-order chi connectivity index (χ0) is 19.6. The van der Waals surface area contributed by atoms with E-state index in [0.717, 1.165) is 40.5 Å². The minimum Gasteiger partial charge on any atom is -0.454 e. The minimum atomic E-state index is 0.267. The standard InChI is InChI=1S/C21H20N6O2/c1-2-18-23-20(22-11-15-8-9-16-17(10-15)29-13-28-16)19-21(24-18)27(26-25-19)12-14-6-4-3-5-7-14/h3-10H,2,11-13H2,1H3,(H,22,23,24). The summed E-state index contributed by atoms with van der Waals surface area (Å²) in [6.07, 6.45) is 0.727. The van der Waals surface area contributed by atoms with Crippen LogP contribution in [-0.2, 0) is 19.5 Å². The number of nitrogens with zero attached hydrogens (tertiary/aromatic N) is 5. The van der Waals surface area contributed by atoms with Crippen molar-refractivity contribution in [3.05, 3.63) is 65.5 Å². The van der Waals surface area contributed by atoms with Crippen molar-refractivity contribution < 1.29 is 9.47 Å². The van der Waals surface area contributed by atoms with Gasteiger partial charge in [-0.2, -0.15) is 0 Å². The lowest BCUT2D eigenvalue weighted by Crippen LogP contribution is -2.07. The Morgan fingerprint density at radius 3 is 2.72 bits per heavy atom. The van der Waals surface area contributed by atoms with E-state index in [1.807, 2.05) is 48.0 Å². The third-order valence-electron chi connectivity index (χ3n) is 4.80. The quantitative estimate of drug-likeness (QED) is 0.543. The number of ether oxygens (including phenoxy) is 2. The van der Waals surface area contributed by atoms with Crippen molar-refractivity contribution in [3.63, 3.8) is 0 Å². The number of benzene rings is 2.